The Morgan fingerprint density at radius 3 is 2.50 bits per heavy atom. The molecule has 0 aliphatic rings. The molecule has 0 aliphatic heterocycles. The Kier molecular flexibility index (Phi) is 4.21. The van der Waals surface area contributed by atoms with E-state index in [0.717, 1.165) is 0 Å². The number of hydrogen-bond donors (Lipinski definition) is 2. The largest absolute Gasteiger partial charge is 0.345 e. The summed E-state index contributed by atoms with van der Waals surface area (Å²) in [4.78, 5) is 21.3. The average molecular weight is 170 g/mol. The SMILES string of the molecule is C=C(C)[C@H](N)C(=O)N[C@@H](C)C=O. The number of aldehydes is 1. The zero-order valence-corrected chi connectivity index (χ0v) is 7.33. The van der Waals surface area contributed by atoms with Gasteiger partial charge in [0.1, 0.15) is 12.3 Å². The molecule has 0 saturated carbocycles. The molecule has 2 atom stereocenters. The molecule has 0 saturated heterocycles. The summed E-state index contributed by atoms with van der Waals surface area (Å²) in [5.74, 6) is -0.373. The van der Waals surface area contributed by atoms with Crippen LogP contribution in [0.1, 0.15) is 13.8 Å². The van der Waals surface area contributed by atoms with Crippen LogP contribution in [0.2, 0.25) is 0 Å². The second kappa shape index (κ2) is 4.66. The standard InChI is InChI=1S/C8H14N2O2/c1-5(2)7(9)8(12)10-6(3)4-11/h4,6-7H,1,9H2,2-3H3,(H,10,12)/t6-,7-/m0/s1. The van der Waals surface area contributed by atoms with Gasteiger partial charge in [0.15, 0.2) is 0 Å². The van der Waals surface area contributed by atoms with E-state index in [-0.39, 0.29) is 5.91 Å². The van der Waals surface area contributed by atoms with Crippen molar-refractivity contribution in [1.29, 1.82) is 0 Å². The molecule has 4 nitrogen and oxygen atoms in total. The Balaban J connectivity index is 4.04. The fourth-order valence-electron chi connectivity index (χ4n) is 0.572. The molecule has 12 heavy (non-hydrogen) atoms. The van der Waals surface area contributed by atoms with Crippen LogP contribution in [0.15, 0.2) is 12.2 Å². The number of rotatable bonds is 4. The third kappa shape index (κ3) is 3.30. The van der Waals surface area contributed by atoms with Crippen molar-refractivity contribution in [2.75, 3.05) is 0 Å². The van der Waals surface area contributed by atoms with Gasteiger partial charge in [-0.3, -0.25) is 4.79 Å². The Morgan fingerprint density at radius 2 is 2.17 bits per heavy atom. The first-order valence-corrected chi connectivity index (χ1v) is 3.65. The molecule has 68 valence electrons. The highest BCUT2D eigenvalue weighted by molar-refractivity contribution is 5.86. The summed E-state index contributed by atoms with van der Waals surface area (Å²) in [6.07, 6.45) is 0.642. The van der Waals surface area contributed by atoms with Gasteiger partial charge >= 0.3 is 0 Å². The average Bonchev–Trinajstić information content (AvgIpc) is 2.02. The maximum absolute atomic E-state index is 11.1. The summed E-state index contributed by atoms with van der Waals surface area (Å²) < 4.78 is 0. The first-order valence-electron chi connectivity index (χ1n) is 3.65. The van der Waals surface area contributed by atoms with Gasteiger partial charge in [0, 0.05) is 0 Å². The van der Waals surface area contributed by atoms with E-state index < -0.39 is 12.1 Å². The normalized spacial score (nSPS) is 14.6. The van der Waals surface area contributed by atoms with Crippen molar-refractivity contribution in [2.45, 2.75) is 25.9 Å². The number of amides is 1. The highest BCUT2D eigenvalue weighted by Gasteiger charge is 2.15. The van der Waals surface area contributed by atoms with Gasteiger partial charge in [0.05, 0.1) is 6.04 Å². The van der Waals surface area contributed by atoms with Crippen LogP contribution in [0.4, 0.5) is 0 Å². The number of nitrogens with one attached hydrogen (secondary N) is 1. The van der Waals surface area contributed by atoms with Gasteiger partial charge in [-0.1, -0.05) is 12.2 Å². The Hall–Kier alpha value is -1.16. The molecule has 0 spiro atoms. The van der Waals surface area contributed by atoms with Crippen LogP contribution in [0.25, 0.3) is 0 Å². The maximum Gasteiger partial charge on any atom is 0.241 e. The van der Waals surface area contributed by atoms with Crippen molar-refractivity contribution in [3.8, 4) is 0 Å². The number of hydrogen-bond acceptors (Lipinski definition) is 3. The topological polar surface area (TPSA) is 72.2 Å². The molecule has 0 aromatic heterocycles. The lowest BCUT2D eigenvalue weighted by atomic mass is 10.1. The highest BCUT2D eigenvalue weighted by Crippen LogP contribution is 1.94. The van der Waals surface area contributed by atoms with E-state index in [2.05, 4.69) is 11.9 Å². The van der Waals surface area contributed by atoms with Gasteiger partial charge < -0.3 is 15.8 Å². The third-order valence-electron chi connectivity index (χ3n) is 1.39. The Morgan fingerprint density at radius 1 is 1.67 bits per heavy atom. The molecule has 0 unspecified atom stereocenters. The molecule has 0 bridgehead atoms. The number of nitrogens with two attached hydrogens (primary N) is 1. The van der Waals surface area contributed by atoms with Crippen molar-refractivity contribution in [3.63, 3.8) is 0 Å². The van der Waals surface area contributed by atoms with Gasteiger partial charge in [0.2, 0.25) is 5.91 Å². The minimum absolute atomic E-state index is 0.373. The first-order chi connectivity index (χ1) is 5.49. The van der Waals surface area contributed by atoms with Crippen LogP contribution in [0, 0.1) is 0 Å². The molecular weight excluding hydrogens is 156 g/mol. The van der Waals surface area contributed by atoms with Gasteiger partial charge in [-0.15, -0.1) is 0 Å². The predicted molar refractivity (Wildman–Crippen MR) is 46.5 cm³/mol. The lowest BCUT2D eigenvalue weighted by molar-refractivity contribution is -0.124. The van der Waals surface area contributed by atoms with E-state index in [9.17, 15) is 9.59 Å². The van der Waals surface area contributed by atoms with Gasteiger partial charge in [-0.25, -0.2) is 0 Å². The molecule has 3 N–H and O–H groups in total. The lowest BCUT2D eigenvalue weighted by Crippen LogP contribution is -2.45. The van der Waals surface area contributed by atoms with Crippen LogP contribution >= 0.6 is 0 Å². The zero-order valence-electron chi connectivity index (χ0n) is 7.33. The molecule has 1 amide bonds. The second-order valence-electron chi connectivity index (χ2n) is 2.76. The summed E-state index contributed by atoms with van der Waals surface area (Å²) in [6, 6.07) is -1.23. The van der Waals surface area contributed by atoms with Crippen LogP contribution in [0.3, 0.4) is 0 Å². The predicted octanol–water partition coefficient (Wildman–Crippen LogP) is -0.407. The Labute approximate surface area is 71.8 Å². The maximum atomic E-state index is 11.1. The summed E-state index contributed by atoms with van der Waals surface area (Å²) in [7, 11) is 0. The van der Waals surface area contributed by atoms with Crippen molar-refractivity contribution in [3.05, 3.63) is 12.2 Å². The first kappa shape index (κ1) is 10.8. The third-order valence-corrected chi connectivity index (χ3v) is 1.39. The fourth-order valence-corrected chi connectivity index (χ4v) is 0.572. The van der Waals surface area contributed by atoms with Crippen molar-refractivity contribution in [2.24, 2.45) is 5.73 Å². The Bertz CT molecular complexity index is 201. The summed E-state index contributed by atoms with van der Waals surface area (Å²) >= 11 is 0. The van der Waals surface area contributed by atoms with Gasteiger partial charge in [0.25, 0.3) is 0 Å². The number of carbonyl (C=O) groups excluding carboxylic acids is 2. The highest BCUT2D eigenvalue weighted by atomic mass is 16.2. The van der Waals surface area contributed by atoms with Crippen LogP contribution < -0.4 is 11.1 Å². The van der Waals surface area contributed by atoms with Crippen molar-refractivity contribution < 1.29 is 9.59 Å². The molecule has 0 aromatic carbocycles. The molecule has 0 heterocycles. The van der Waals surface area contributed by atoms with Crippen molar-refractivity contribution in [1.82, 2.24) is 5.32 Å². The van der Waals surface area contributed by atoms with Crippen LogP contribution in [-0.4, -0.2) is 24.3 Å². The summed E-state index contributed by atoms with van der Waals surface area (Å²) in [5, 5.41) is 2.42. The molecule has 0 radical (unpaired) electrons. The summed E-state index contributed by atoms with van der Waals surface area (Å²) in [5.41, 5.74) is 6.01. The van der Waals surface area contributed by atoms with Gasteiger partial charge in [-0.05, 0) is 13.8 Å². The quantitative estimate of drug-likeness (QED) is 0.445. The smallest absolute Gasteiger partial charge is 0.241 e. The van der Waals surface area contributed by atoms with Crippen molar-refractivity contribution >= 4 is 12.2 Å². The van der Waals surface area contributed by atoms with Gasteiger partial charge in [-0.2, -0.15) is 0 Å². The minimum atomic E-state index is -0.729. The summed E-state index contributed by atoms with van der Waals surface area (Å²) in [6.45, 7) is 6.78. The van der Waals surface area contributed by atoms with E-state index in [4.69, 9.17) is 5.73 Å². The van der Waals surface area contributed by atoms with E-state index in [1.54, 1.807) is 13.8 Å². The van der Waals surface area contributed by atoms with Crippen LogP contribution in [0.5, 0.6) is 0 Å². The fraction of sp³-hybridized carbons (Fsp3) is 0.500. The molecule has 0 fully saturated rings. The molecule has 4 heteroatoms. The second-order valence-corrected chi connectivity index (χ2v) is 2.76. The van der Waals surface area contributed by atoms with Crippen LogP contribution in [-0.2, 0) is 9.59 Å². The molecule has 0 rings (SSSR count). The molecule has 0 aliphatic carbocycles. The lowest BCUT2D eigenvalue weighted by Gasteiger charge is -2.13. The van der Waals surface area contributed by atoms with E-state index >= 15 is 0 Å². The number of carbonyl (C=O) groups is 2. The minimum Gasteiger partial charge on any atom is -0.345 e. The zero-order chi connectivity index (χ0) is 9.72. The van der Waals surface area contributed by atoms with E-state index in [1.807, 2.05) is 0 Å². The van der Waals surface area contributed by atoms with E-state index in [0.29, 0.717) is 11.9 Å². The monoisotopic (exact) mass is 170 g/mol. The molecule has 0 aromatic rings. The molecular formula is C8H14N2O2. The van der Waals surface area contributed by atoms with E-state index in [1.165, 1.54) is 0 Å².